The number of nitrogen functional groups attached to an aromatic ring is 1. The van der Waals surface area contributed by atoms with Gasteiger partial charge in [0.15, 0.2) is 5.13 Å². The van der Waals surface area contributed by atoms with Crippen molar-refractivity contribution in [2.75, 3.05) is 24.8 Å². The van der Waals surface area contributed by atoms with E-state index in [0.29, 0.717) is 27.1 Å². The lowest BCUT2D eigenvalue weighted by Gasteiger charge is -2.10. The van der Waals surface area contributed by atoms with Gasteiger partial charge in [-0.3, -0.25) is 10.1 Å². The van der Waals surface area contributed by atoms with Crippen molar-refractivity contribution >= 4 is 59.8 Å². The second kappa shape index (κ2) is 10.6. The van der Waals surface area contributed by atoms with E-state index in [2.05, 4.69) is 41.5 Å². The molecule has 7 nitrogen and oxygen atoms in total. The van der Waals surface area contributed by atoms with Crippen LogP contribution in [0, 0.1) is 6.92 Å². The number of nitrogens with one attached hydrogen (secondary N) is 1. The summed E-state index contributed by atoms with van der Waals surface area (Å²) in [4.78, 5) is 24.1. The number of ether oxygens (including phenoxy) is 2. The fourth-order valence-corrected chi connectivity index (χ4v) is 6.43. The number of benzene rings is 3. The fourth-order valence-electron chi connectivity index (χ4n) is 4.53. The van der Waals surface area contributed by atoms with Crippen LogP contribution in [0.1, 0.15) is 22.2 Å². The number of hydrogen-bond donors (Lipinski definition) is 2. The molecule has 0 saturated heterocycles. The molecule has 3 N–H and O–H groups in total. The van der Waals surface area contributed by atoms with Crippen LogP contribution in [-0.4, -0.2) is 29.6 Å². The predicted octanol–water partition coefficient (Wildman–Crippen LogP) is 7.79. The number of nitrogens with zero attached hydrogens (tertiary/aromatic N) is 2. The second-order valence-corrected chi connectivity index (χ2v) is 11.2. The standard InChI is InChI=1S/C31H26N4O3S2/c1-4-38-21-13-14-23-25(15-21)39-31(34-23)35-29(36)28-27(32)26-22(18-7-5-17(2)6-8-18)16-24(33-30(26)40-28)19-9-11-20(37-3)12-10-19/h5-16H,4,32H2,1-3H3,(H,34,35,36). The number of carbonyl (C=O) groups excluding carboxylic acids is 1. The van der Waals surface area contributed by atoms with Crippen LogP contribution in [0.15, 0.2) is 72.8 Å². The third kappa shape index (κ3) is 4.85. The van der Waals surface area contributed by atoms with Gasteiger partial charge in [0, 0.05) is 10.9 Å². The Morgan fingerprint density at radius 2 is 1.65 bits per heavy atom. The van der Waals surface area contributed by atoms with Crippen molar-refractivity contribution in [3.05, 3.63) is 83.2 Å². The van der Waals surface area contributed by atoms with Crippen LogP contribution < -0.4 is 20.5 Å². The Balaban J connectivity index is 1.42. The summed E-state index contributed by atoms with van der Waals surface area (Å²) in [6.07, 6.45) is 0. The third-order valence-corrected chi connectivity index (χ3v) is 8.58. The number of nitrogens with two attached hydrogens (primary N) is 1. The summed E-state index contributed by atoms with van der Waals surface area (Å²) in [5, 5.41) is 4.21. The van der Waals surface area contributed by atoms with Gasteiger partial charge in [-0.05, 0) is 73.5 Å². The molecule has 0 aliphatic carbocycles. The zero-order valence-corrected chi connectivity index (χ0v) is 23.8. The number of anilines is 2. The van der Waals surface area contributed by atoms with Crippen LogP contribution in [-0.2, 0) is 0 Å². The van der Waals surface area contributed by atoms with Gasteiger partial charge in [-0.2, -0.15) is 0 Å². The highest BCUT2D eigenvalue weighted by molar-refractivity contribution is 7.23. The van der Waals surface area contributed by atoms with Gasteiger partial charge >= 0.3 is 0 Å². The highest BCUT2D eigenvalue weighted by Crippen LogP contribution is 2.42. The first-order valence-corrected chi connectivity index (χ1v) is 14.4. The Labute approximate surface area is 239 Å². The molecule has 0 fully saturated rings. The van der Waals surface area contributed by atoms with E-state index in [0.717, 1.165) is 55.0 Å². The fraction of sp³-hybridized carbons (Fsp3) is 0.129. The number of aryl methyl sites for hydroxylation is 1. The first kappa shape index (κ1) is 25.8. The summed E-state index contributed by atoms with van der Waals surface area (Å²) >= 11 is 2.67. The molecule has 0 aliphatic rings. The molecular formula is C31H26N4O3S2. The maximum absolute atomic E-state index is 13.5. The number of rotatable bonds is 7. The molecule has 0 aliphatic heterocycles. The summed E-state index contributed by atoms with van der Waals surface area (Å²) in [7, 11) is 1.64. The van der Waals surface area contributed by atoms with E-state index in [1.165, 1.54) is 22.7 Å². The Morgan fingerprint density at radius 1 is 0.925 bits per heavy atom. The average Bonchev–Trinajstić information content (AvgIpc) is 3.53. The van der Waals surface area contributed by atoms with E-state index in [1.54, 1.807) is 7.11 Å². The van der Waals surface area contributed by atoms with Crippen molar-refractivity contribution < 1.29 is 14.3 Å². The molecule has 3 heterocycles. The lowest BCUT2D eigenvalue weighted by Crippen LogP contribution is -2.11. The number of aromatic nitrogens is 2. The summed E-state index contributed by atoms with van der Waals surface area (Å²) in [6.45, 7) is 4.57. The van der Waals surface area contributed by atoms with Gasteiger partial charge in [-0.1, -0.05) is 41.2 Å². The molecule has 0 saturated carbocycles. The lowest BCUT2D eigenvalue weighted by molar-refractivity contribution is 0.103. The van der Waals surface area contributed by atoms with Crippen LogP contribution in [0.5, 0.6) is 11.5 Å². The molecule has 0 atom stereocenters. The number of thiazole rings is 1. The van der Waals surface area contributed by atoms with Crippen LogP contribution in [0.3, 0.4) is 0 Å². The summed E-state index contributed by atoms with van der Waals surface area (Å²) in [5.74, 6) is 1.23. The van der Waals surface area contributed by atoms with Crippen molar-refractivity contribution in [3.8, 4) is 33.9 Å². The minimum atomic E-state index is -0.314. The SMILES string of the molecule is CCOc1ccc2nc(NC(=O)c3sc4nc(-c5ccc(OC)cc5)cc(-c5ccc(C)cc5)c4c3N)sc2c1. The van der Waals surface area contributed by atoms with Gasteiger partial charge in [0.1, 0.15) is 21.2 Å². The van der Waals surface area contributed by atoms with Crippen molar-refractivity contribution in [1.29, 1.82) is 0 Å². The van der Waals surface area contributed by atoms with Crippen molar-refractivity contribution in [1.82, 2.24) is 9.97 Å². The molecular weight excluding hydrogens is 541 g/mol. The maximum Gasteiger partial charge on any atom is 0.269 e. The molecule has 9 heteroatoms. The topological polar surface area (TPSA) is 99.4 Å². The number of fused-ring (bicyclic) bond motifs is 2. The minimum absolute atomic E-state index is 0.314. The van der Waals surface area contributed by atoms with Gasteiger partial charge in [0.25, 0.3) is 5.91 Å². The molecule has 6 aromatic rings. The highest BCUT2D eigenvalue weighted by Gasteiger charge is 2.22. The number of amides is 1. The third-order valence-electron chi connectivity index (χ3n) is 6.54. The van der Waals surface area contributed by atoms with Crippen molar-refractivity contribution in [3.63, 3.8) is 0 Å². The molecule has 1 amide bonds. The van der Waals surface area contributed by atoms with Crippen LogP contribution in [0.2, 0.25) is 0 Å². The van der Waals surface area contributed by atoms with E-state index in [9.17, 15) is 4.79 Å². The average molecular weight is 567 g/mol. The van der Waals surface area contributed by atoms with Gasteiger partial charge in [-0.15, -0.1) is 11.3 Å². The first-order chi connectivity index (χ1) is 19.4. The molecule has 40 heavy (non-hydrogen) atoms. The van der Waals surface area contributed by atoms with Crippen molar-refractivity contribution in [2.45, 2.75) is 13.8 Å². The Bertz CT molecular complexity index is 1860. The van der Waals surface area contributed by atoms with E-state index < -0.39 is 0 Å². The number of methoxy groups -OCH3 is 1. The molecule has 0 unspecified atom stereocenters. The normalized spacial score (nSPS) is 11.2. The van der Waals surface area contributed by atoms with Crippen molar-refractivity contribution in [2.24, 2.45) is 0 Å². The Kier molecular flexibility index (Phi) is 6.83. The summed E-state index contributed by atoms with van der Waals surface area (Å²) in [6, 6.07) is 23.7. The molecule has 0 radical (unpaired) electrons. The van der Waals surface area contributed by atoms with Crippen LogP contribution in [0.25, 0.3) is 42.8 Å². The number of thiophene rings is 1. The Hall–Kier alpha value is -4.47. The quantitative estimate of drug-likeness (QED) is 0.205. The summed E-state index contributed by atoms with van der Waals surface area (Å²) in [5.41, 5.74) is 12.7. The van der Waals surface area contributed by atoms with Crippen LogP contribution >= 0.6 is 22.7 Å². The number of pyridine rings is 1. The smallest absolute Gasteiger partial charge is 0.269 e. The monoisotopic (exact) mass is 566 g/mol. The zero-order valence-electron chi connectivity index (χ0n) is 22.1. The first-order valence-electron chi connectivity index (χ1n) is 12.7. The highest BCUT2D eigenvalue weighted by atomic mass is 32.1. The second-order valence-electron chi connectivity index (χ2n) is 9.21. The Morgan fingerprint density at radius 3 is 2.38 bits per heavy atom. The summed E-state index contributed by atoms with van der Waals surface area (Å²) < 4.78 is 11.8. The van der Waals surface area contributed by atoms with Crippen LogP contribution in [0.4, 0.5) is 10.8 Å². The molecule has 200 valence electrons. The van der Waals surface area contributed by atoms with Gasteiger partial charge in [0.2, 0.25) is 0 Å². The van der Waals surface area contributed by atoms with E-state index >= 15 is 0 Å². The molecule has 0 bridgehead atoms. The van der Waals surface area contributed by atoms with E-state index in [1.807, 2.05) is 55.5 Å². The largest absolute Gasteiger partial charge is 0.497 e. The van der Waals surface area contributed by atoms with Gasteiger partial charge in [-0.25, -0.2) is 9.97 Å². The van der Waals surface area contributed by atoms with Gasteiger partial charge in [0.05, 0.1) is 35.3 Å². The van der Waals surface area contributed by atoms with Gasteiger partial charge < -0.3 is 15.2 Å². The minimum Gasteiger partial charge on any atom is -0.497 e. The predicted molar refractivity (Wildman–Crippen MR) is 165 cm³/mol. The molecule has 3 aromatic heterocycles. The van der Waals surface area contributed by atoms with E-state index in [-0.39, 0.29) is 5.91 Å². The number of hydrogen-bond acceptors (Lipinski definition) is 8. The number of carbonyl (C=O) groups is 1. The van der Waals surface area contributed by atoms with E-state index in [4.69, 9.17) is 20.2 Å². The molecule has 3 aromatic carbocycles. The molecule has 0 spiro atoms. The molecule has 6 rings (SSSR count). The zero-order chi connectivity index (χ0) is 27.8. The maximum atomic E-state index is 13.5. The lowest BCUT2D eigenvalue weighted by atomic mass is 9.98.